The molecular formula is C18H19NO4. The first kappa shape index (κ1) is 15.5. The van der Waals surface area contributed by atoms with Gasteiger partial charge in [-0.2, -0.15) is 0 Å². The van der Waals surface area contributed by atoms with Gasteiger partial charge in [0.2, 0.25) is 0 Å². The topological polar surface area (TPSA) is 56.8 Å². The summed E-state index contributed by atoms with van der Waals surface area (Å²) >= 11 is 0. The van der Waals surface area contributed by atoms with Gasteiger partial charge in [-0.15, -0.1) is 0 Å². The van der Waals surface area contributed by atoms with Crippen LogP contribution in [0.15, 0.2) is 54.6 Å². The standard InChI is InChI=1S/C18H19NO4/c20-18(19-23-17-12-6-7-13-21-17)15-10-4-5-11-16(15)22-14-8-2-1-3-9-14/h1-5,8-11,17H,6-7,12-13H2,(H,19,20). The molecule has 0 aromatic heterocycles. The van der Waals surface area contributed by atoms with Crippen LogP contribution in [0.25, 0.3) is 0 Å². The van der Waals surface area contributed by atoms with E-state index in [-0.39, 0.29) is 12.2 Å². The lowest BCUT2D eigenvalue weighted by molar-refractivity contribution is -0.186. The predicted molar refractivity (Wildman–Crippen MR) is 85.1 cm³/mol. The Morgan fingerprint density at radius 1 is 1.04 bits per heavy atom. The number of amides is 1. The maximum Gasteiger partial charge on any atom is 0.278 e. The summed E-state index contributed by atoms with van der Waals surface area (Å²) in [5, 5.41) is 0. The van der Waals surface area contributed by atoms with Crippen molar-refractivity contribution in [1.82, 2.24) is 5.48 Å². The molecular weight excluding hydrogens is 294 g/mol. The SMILES string of the molecule is O=C(NOC1CCCCO1)c1ccccc1Oc1ccccc1. The van der Waals surface area contributed by atoms with E-state index in [1.807, 2.05) is 36.4 Å². The second-order valence-corrected chi connectivity index (χ2v) is 5.26. The van der Waals surface area contributed by atoms with E-state index in [9.17, 15) is 4.79 Å². The summed E-state index contributed by atoms with van der Waals surface area (Å²) in [7, 11) is 0. The average molecular weight is 313 g/mol. The molecule has 1 N–H and O–H groups in total. The Balaban J connectivity index is 1.65. The van der Waals surface area contributed by atoms with Crippen LogP contribution in [-0.4, -0.2) is 18.8 Å². The summed E-state index contributed by atoms with van der Waals surface area (Å²) in [6.45, 7) is 0.661. The fraction of sp³-hybridized carbons (Fsp3) is 0.278. The van der Waals surface area contributed by atoms with Gasteiger partial charge in [0.15, 0.2) is 6.29 Å². The van der Waals surface area contributed by atoms with Crippen LogP contribution < -0.4 is 10.2 Å². The smallest absolute Gasteiger partial charge is 0.278 e. The molecule has 0 aliphatic carbocycles. The quantitative estimate of drug-likeness (QED) is 0.856. The minimum atomic E-state index is -0.380. The van der Waals surface area contributed by atoms with Gasteiger partial charge in [0.25, 0.3) is 5.91 Å². The van der Waals surface area contributed by atoms with Crippen LogP contribution in [0.1, 0.15) is 29.6 Å². The van der Waals surface area contributed by atoms with E-state index in [0.29, 0.717) is 23.7 Å². The molecule has 1 fully saturated rings. The van der Waals surface area contributed by atoms with E-state index in [1.165, 1.54) is 0 Å². The fourth-order valence-electron chi connectivity index (χ4n) is 2.34. The van der Waals surface area contributed by atoms with E-state index in [2.05, 4.69) is 5.48 Å². The number of hydrogen-bond acceptors (Lipinski definition) is 4. The van der Waals surface area contributed by atoms with Crippen molar-refractivity contribution in [2.24, 2.45) is 0 Å². The van der Waals surface area contributed by atoms with Crippen molar-refractivity contribution in [1.29, 1.82) is 0 Å². The highest BCUT2D eigenvalue weighted by molar-refractivity contribution is 5.96. The molecule has 1 heterocycles. The molecule has 1 unspecified atom stereocenters. The number of hydroxylamine groups is 1. The number of carbonyl (C=O) groups is 1. The van der Waals surface area contributed by atoms with E-state index in [0.717, 1.165) is 19.3 Å². The minimum absolute atomic E-state index is 0.356. The Kier molecular flexibility index (Phi) is 5.24. The van der Waals surface area contributed by atoms with Crippen LogP contribution in [0, 0.1) is 0 Å². The van der Waals surface area contributed by atoms with Crippen LogP contribution in [0.5, 0.6) is 11.5 Å². The normalized spacial score (nSPS) is 17.5. The number of para-hydroxylation sites is 2. The van der Waals surface area contributed by atoms with Gasteiger partial charge in [0.1, 0.15) is 11.5 Å². The zero-order valence-corrected chi connectivity index (χ0v) is 12.7. The summed E-state index contributed by atoms with van der Waals surface area (Å²) in [5.41, 5.74) is 2.86. The molecule has 3 rings (SSSR count). The summed E-state index contributed by atoms with van der Waals surface area (Å²) in [6, 6.07) is 16.4. The van der Waals surface area contributed by atoms with Crippen LogP contribution in [0.3, 0.4) is 0 Å². The van der Waals surface area contributed by atoms with Gasteiger partial charge >= 0.3 is 0 Å². The third kappa shape index (κ3) is 4.31. The Morgan fingerprint density at radius 2 is 1.83 bits per heavy atom. The van der Waals surface area contributed by atoms with Crippen molar-refractivity contribution >= 4 is 5.91 Å². The second kappa shape index (κ2) is 7.76. The molecule has 0 saturated carbocycles. The van der Waals surface area contributed by atoms with Crippen molar-refractivity contribution in [3.8, 4) is 11.5 Å². The molecule has 1 aliphatic rings. The highest BCUT2D eigenvalue weighted by Gasteiger charge is 2.18. The molecule has 5 heteroatoms. The molecule has 1 aliphatic heterocycles. The number of hydrogen-bond donors (Lipinski definition) is 1. The van der Waals surface area contributed by atoms with Gasteiger partial charge in [-0.1, -0.05) is 30.3 Å². The molecule has 120 valence electrons. The lowest BCUT2D eigenvalue weighted by Gasteiger charge is -2.22. The largest absolute Gasteiger partial charge is 0.457 e. The van der Waals surface area contributed by atoms with Crippen molar-refractivity contribution < 1.29 is 19.1 Å². The zero-order chi connectivity index (χ0) is 15.9. The minimum Gasteiger partial charge on any atom is -0.457 e. The van der Waals surface area contributed by atoms with Crippen LogP contribution in [0.2, 0.25) is 0 Å². The van der Waals surface area contributed by atoms with E-state index in [1.54, 1.807) is 18.2 Å². The van der Waals surface area contributed by atoms with Gasteiger partial charge in [0, 0.05) is 13.0 Å². The Morgan fingerprint density at radius 3 is 2.61 bits per heavy atom. The van der Waals surface area contributed by atoms with Crippen LogP contribution >= 0.6 is 0 Å². The summed E-state index contributed by atoms with van der Waals surface area (Å²) in [6.07, 6.45) is 2.47. The number of carbonyl (C=O) groups excluding carboxylic acids is 1. The maximum atomic E-state index is 12.3. The number of rotatable bonds is 5. The van der Waals surface area contributed by atoms with Gasteiger partial charge in [-0.3, -0.25) is 4.79 Å². The number of ether oxygens (including phenoxy) is 2. The second-order valence-electron chi connectivity index (χ2n) is 5.26. The predicted octanol–water partition coefficient (Wildman–Crippen LogP) is 3.67. The highest BCUT2D eigenvalue weighted by atomic mass is 16.8. The van der Waals surface area contributed by atoms with Crippen LogP contribution in [-0.2, 0) is 9.57 Å². The average Bonchev–Trinajstić information content (AvgIpc) is 2.62. The molecule has 2 aromatic rings. The molecule has 0 spiro atoms. The lowest BCUT2D eigenvalue weighted by Crippen LogP contribution is -2.33. The van der Waals surface area contributed by atoms with Gasteiger partial charge in [-0.05, 0) is 37.1 Å². The monoisotopic (exact) mass is 313 g/mol. The molecule has 0 bridgehead atoms. The summed E-state index contributed by atoms with van der Waals surface area (Å²) in [4.78, 5) is 17.7. The maximum absolute atomic E-state index is 12.3. The number of benzene rings is 2. The zero-order valence-electron chi connectivity index (χ0n) is 12.7. The molecule has 2 aromatic carbocycles. The Bertz CT molecular complexity index is 638. The molecule has 1 amide bonds. The van der Waals surface area contributed by atoms with E-state index in [4.69, 9.17) is 14.3 Å². The fourth-order valence-corrected chi connectivity index (χ4v) is 2.34. The van der Waals surface area contributed by atoms with Crippen molar-refractivity contribution in [2.45, 2.75) is 25.6 Å². The molecule has 1 atom stereocenters. The lowest BCUT2D eigenvalue weighted by atomic mass is 10.2. The third-order valence-electron chi connectivity index (χ3n) is 3.52. The first-order chi connectivity index (χ1) is 11.3. The Labute approximate surface area is 135 Å². The van der Waals surface area contributed by atoms with E-state index >= 15 is 0 Å². The summed E-state index contributed by atoms with van der Waals surface area (Å²) in [5.74, 6) is 0.791. The Hall–Kier alpha value is -2.37. The number of nitrogens with one attached hydrogen (secondary N) is 1. The molecule has 0 radical (unpaired) electrons. The highest BCUT2D eigenvalue weighted by Crippen LogP contribution is 2.25. The third-order valence-corrected chi connectivity index (χ3v) is 3.52. The van der Waals surface area contributed by atoms with Crippen molar-refractivity contribution in [2.75, 3.05) is 6.61 Å². The van der Waals surface area contributed by atoms with Gasteiger partial charge < -0.3 is 9.47 Å². The van der Waals surface area contributed by atoms with Crippen LogP contribution in [0.4, 0.5) is 0 Å². The first-order valence-electron chi connectivity index (χ1n) is 7.72. The van der Waals surface area contributed by atoms with E-state index < -0.39 is 0 Å². The molecule has 23 heavy (non-hydrogen) atoms. The van der Waals surface area contributed by atoms with Crippen molar-refractivity contribution in [3.05, 3.63) is 60.2 Å². The molecule has 1 saturated heterocycles. The van der Waals surface area contributed by atoms with Crippen molar-refractivity contribution in [3.63, 3.8) is 0 Å². The first-order valence-corrected chi connectivity index (χ1v) is 7.72. The molecule has 5 nitrogen and oxygen atoms in total. The van der Waals surface area contributed by atoms with Gasteiger partial charge in [-0.25, -0.2) is 10.3 Å². The summed E-state index contributed by atoms with van der Waals surface area (Å²) < 4.78 is 11.2. The van der Waals surface area contributed by atoms with Gasteiger partial charge in [0.05, 0.1) is 5.56 Å².